The van der Waals surface area contributed by atoms with Crippen molar-refractivity contribution in [2.75, 3.05) is 5.32 Å². The van der Waals surface area contributed by atoms with Gasteiger partial charge in [-0.25, -0.2) is 0 Å². The van der Waals surface area contributed by atoms with Crippen LogP contribution in [0.1, 0.15) is 0 Å². The first kappa shape index (κ1) is 10.3. The van der Waals surface area contributed by atoms with Crippen LogP contribution in [0, 0.1) is 10.1 Å². The van der Waals surface area contributed by atoms with Crippen LogP contribution in [-0.2, 0) is 0 Å². The van der Waals surface area contributed by atoms with Crippen LogP contribution in [0.4, 0.5) is 24.5 Å². The fourth-order valence-electron chi connectivity index (χ4n) is 0.891. The van der Waals surface area contributed by atoms with Crippen molar-refractivity contribution in [2.24, 2.45) is 0 Å². The predicted octanol–water partition coefficient (Wildman–Crippen LogP) is 2.53. The summed E-state index contributed by atoms with van der Waals surface area (Å²) in [5, 5.41) is 11.4. The number of alkyl halides is 3. The minimum Gasteiger partial charge on any atom is -0.291 e. The third-order valence-electron chi connectivity index (χ3n) is 1.38. The van der Waals surface area contributed by atoms with E-state index in [0.29, 0.717) is 0 Å². The number of nitro groups is 1. The van der Waals surface area contributed by atoms with Gasteiger partial charge in [-0.3, -0.25) is 15.4 Å². The molecule has 0 heterocycles. The van der Waals surface area contributed by atoms with Gasteiger partial charge in [0.2, 0.25) is 0 Å². The Kier molecular flexibility index (Phi) is 2.59. The molecule has 0 aliphatic rings. The van der Waals surface area contributed by atoms with Crippen LogP contribution in [0.5, 0.6) is 0 Å². The molecule has 1 aromatic carbocycles. The number of nitrogens with one attached hydrogen (secondary N) is 1. The molecule has 0 amide bonds. The SMILES string of the molecule is O=[N+]([O-])c1ccccc1NC(F)(F)F. The molecule has 7 heteroatoms. The molecule has 0 aromatic heterocycles. The summed E-state index contributed by atoms with van der Waals surface area (Å²) in [5.41, 5.74) is -1.17. The van der Waals surface area contributed by atoms with Gasteiger partial charge in [-0.05, 0) is 6.07 Å². The maximum absolute atomic E-state index is 11.9. The third kappa shape index (κ3) is 2.61. The molecule has 14 heavy (non-hydrogen) atoms. The zero-order valence-electron chi connectivity index (χ0n) is 6.71. The summed E-state index contributed by atoms with van der Waals surface area (Å²) in [5.74, 6) is 0. The van der Waals surface area contributed by atoms with E-state index in [1.807, 2.05) is 0 Å². The van der Waals surface area contributed by atoms with E-state index in [1.165, 1.54) is 12.1 Å². The molecule has 0 bridgehead atoms. The molecule has 4 nitrogen and oxygen atoms in total. The van der Waals surface area contributed by atoms with E-state index in [1.54, 1.807) is 0 Å². The molecule has 76 valence electrons. The van der Waals surface area contributed by atoms with Gasteiger partial charge in [0.15, 0.2) is 0 Å². The van der Waals surface area contributed by atoms with Gasteiger partial charge >= 0.3 is 6.30 Å². The minimum atomic E-state index is -4.67. The van der Waals surface area contributed by atoms with E-state index in [9.17, 15) is 23.3 Å². The lowest BCUT2D eigenvalue weighted by Crippen LogP contribution is -2.21. The Bertz CT molecular complexity index is 351. The fraction of sp³-hybridized carbons (Fsp3) is 0.143. The van der Waals surface area contributed by atoms with Crippen molar-refractivity contribution >= 4 is 11.4 Å². The smallest absolute Gasteiger partial charge is 0.291 e. The average molecular weight is 206 g/mol. The molecule has 1 rings (SSSR count). The number of nitrogens with zero attached hydrogens (tertiary/aromatic N) is 1. The largest absolute Gasteiger partial charge is 0.482 e. The number of hydrogen-bond acceptors (Lipinski definition) is 3. The molecule has 0 fully saturated rings. The highest BCUT2D eigenvalue weighted by Gasteiger charge is 2.30. The quantitative estimate of drug-likeness (QED) is 0.459. The maximum atomic E-state index is 11.9. The first-order valence-electron chi connectivity index (χ1n) is 3.48. The topological polar surface area (TPSA) is 55.2 Å². The highest BCUT2D eigenvalue weighted by molar-refractivity contribution is 5.61. The average Bonchev–Trinajstić information content (AvgIpc) is 2.01. The number of benzene rings is 1. The summed E-state index contributed by atoms with van der Waals surface area (Å²) in [6, 6.07) is 4.56. The lowest BCUT2D eigenvalue weighted by Gasteiger charge is -2.09. The first-order chi connectivity index (χ1) is 6.40. The van der Waals surface area contributed by atoms with E-state index in [0.717, 1.165) is 17.4 Å². The van der Waals surface area contributed by atoms with E-state index in [4.69, 9.17) is 0 Å². The molecule has 0 aliphatic heterocycles. The lowest BCUT2D eigenvalue weighted by molar-refractivity contribution is -0.384. The second-order valence-electron chi connectivity index (χ2n) is 2.40. The van der Waals surface area contributed by atoms with Gasteiger partial charge in [0, 0.05) is 6.07 Å². The number of para-hydroxylation sites is 2. The number of anilines is 1. The van der Waals surface area contributed by atoms with Crippen molar-refractivity contribution in [3.63, 3.8) is 0 Å². The number of rotatable bonds is 2. The molecule has 1 aromatic rings. The Balaban J connectivity index is 3.02. The summed E-state index contributed by atoms with van der Waals surface area (Å²) in [6.07, 6.45) is -4.67. The number of halogens is 3. The Morgan fingerprint density at radius 3 is 2.36 bits per heavy atom. The summed E-state index contributed by atoms with van der Waals surface area (Å²) < 4.78 is 35.6. The first-order valence-corrected chi connectivity index (χ1v) is 3.48. The van der Waals surface area contributed by atoms with Gasteiger partial charge in [0.25, 0.3) is 5.69 Å². The molecular weight excluding hydrogens is 201 g/mol. The monoisotopic (exact) mass is 206 g/mol. The fourth-order valence-corrected chi connectivity index (χ4v) is 0.891. The van der Waals surface area contributed by atoms with Crippen molar-refractivity contribution in [2.45, 2.75) is 6.30 Å². The van der Waals surface area contributed by atoms with Crippen LogP contribution in [0.3, 0.4) is 0 Å². The third-order valence-corrected chi connectivity index (χ3v) is 1.38. The van der Waals surface area contributed by atoms with Crippen molar-refractivity contribution < 1.29 is 18.1 Å². The Morgan fingerprint density at radius 1 is 1.29 bits per heavy atom. The van der Waals surface area contributed by atoms with Crippen LogP contribution >= 0.6 is 0 Å². The van der Waals surface area contributed by atoms with E-state index in [-0.39, 0.29) is 0 Å². The molecule has 0 atom stereocenters. The van der Waals surface area contributed by atoms with Crippen molar-refractivity contribution in [3.8, 4) is 0 Å². The van der Waals surface area contributed by atoms with Crippen LogP contribution < -0.4 is 5.32 Å². The van der Waals surface area contributed by atoms with E-state index in [2.05, 4.69) is 0 Å². The highest BCUT2D eigenvalue weighted by atomic mass is 19.4. The molecular formula is C7H5F3N2O2. The Labute approximate surface area is 76.5 Å². The summed E-state index contributed by atoms with van der Waals surface area (Å²) in [6.45, 7) is 0. The Hall–Kier alpha value is -1.79. The molecule has 1 N–H and O–H groups in total. The van der Waals surface area contributed by atoms with Gasteiger partial charge in [0.1, 0.15) is 5.69 Å². The van der Waals surface area contributed by atoms with Crippen molar-refractivity contribution in [1.82, 2.24) is 0 Å². The van der Waals surface area contributed by atoms with Gasteiger partial charge < -0.3 is 0 Å². The van der Waals surface area contributed by atoms with Gasteiger partial charge in [-0.1, -0.05) is 12.1 Å². The highest BCUT2D eigenvalue weighted by Crippen LogP contribution is 2.28. The van der Waals surface area contributed by atoms with E-state index >= 15 is 0 Å². The van der Waals surface area contributed by atoms with Crippen LogP contribution in [0.25, 0.3) is 0 Å². The molecule has 0 saturated carbocycles. The van der Waals surface area contributed by atoms with E-state index < -0.39 is 22.6 Å². The molecule has 0 unspecified atom stereocenters. The number of nitro benzene ring substituents is 1. The lowest BCUT2D eigenvalue weighted by atomic mass is 10.3. The number of hydrogen-bond donors (Lipinski definition) is 1. The van der Waals surface area contributed by atoms with Crippen molar-refractivity contribution in [3.05, 3.63) is 34.4 Å². The molecule has 0 radical (unpaired) electrons. The normalized spacial score (nSPS) is 11.1. The summed E-state index contributed by atoms with van der Waals surface area (Å²) in [4.78, 5) is 9.42. The van der Waals surface area contributed by atoms with Crippen LogP contribution in [0.15, 0.2) is 24.3 Å². The van der Waals surface area contributed by atoms with Crippen LogP contribution in [-0.4, -0.2) is 11.2 Å². The van der Waals surface area contributed by atoms with Gasteiger partial charge in [-0.15, -0.1) is 0 Å². The second kappa shape index (κ2) is 3.52. The molecule has 0 aliphatic carbocycles. The second-order valence-corrected chi connectivity index (χ2v) is 2.40. The van der Waals surface area contributed by atoms with Gasteiger partial charge in [0.05, 0.1) is 4.92 Å². The zero-order valence-corrected chi connectivity index (χ0v) is 6.71. The summed E-state index contributed by atoms with van der Waals surface area (Å²) in [7, 11) is 0. The standard InChI is InChI=1S/C7H5F3N2O2/c8-7(9,10)11-5-3-1-2-4-6(5)12(13)14/h1-4,11H. The predicted molar refractivity (Wildman–Crippen MR) is 42.8 cm³/mol. The zero-order chi connectivity index (χ0) is 10.8. The molecule has 0 saturated heterocycles. The minimum absolute atomic E-state index is 0.565. The van der Waals surface area contributed by atoms with Gasteiger partial charge in [-0.2, -0.15) is 13.2 Å². The van der Waals surface area contributed by atoms with Crippen LogP contribution in [0.2, 0.25) is 0 Å². The Morgan fingerprint density at radius 2 is 1.86 bits per heavy atom. The molecule has 0 spiro atoms. The maximum Gasteiger partial charge on any atom is 0.482 e. The summed E-state index contributed by atoms with van der Waals surface area (Å²) >= 11 is 0. The van der Waals surface area contributed by atoms with Crippen molar-refractivity contribution in [1.29, 1.82) is 0 Å².